The first-order chi connectivity index (χ1) is 5.63. The monoisotopic (exact) mass is 182 g/mol. The molecule has 0 aromatic rings. The summed E-state index contributed by atoms with van der Waals surface area (Å²) < 4.78 is 0. The molecule has 68 valence electrons. The molecule has 1 heteroatoms. The van der Waals surface area contributed by atoms with E-state index in [0.717, 1.165) is 12.3 Å². The largest absolute Gasteiger partial charge is 0.148 e. The van der Waals surface area contributed by atoms with Gasteiger partial charge in [-0.05, 0) is 41.2 Å². The van der Waals surface area contributed by atoms with E-state index in [-0.39, 0.29) is 0 Å². The predicted octanol–water partition coefficient (Wildman–Crippen LogP) is 3.81. The highest BCUT2D eigenvalue weighted by atomic mass is 32.1. The van der Waals surface area contributed by atoms with Crippen molar-refractivity contribution in [2.45, 2.75) is 33.6 Å². The van der Waals surface area contributed by atoms with E-state index >= 15 is 0 Å². The molecule has 1 aliphatic carbocycles. The Labute approximate surface area is 81.2 Å². The molecule has 0 N–H and O–H groups in total. The van der Waals surface area contributed by atoms with Crippen molar-refractivity contribution >= 4 is 12.6 Å². The van der Waals surface area contributed by atoms with Gasteiger partial charge >= 0.3 is 0 Å². The van der Waals surface area contributed by atoms with Crippen molar-refractivity contribution in [3.8, 4) is 0 Å². The zero-order chi connectivity index (χ0) is 9.14. The summed E-state index contributed by atoms with van der Waals surface area (Å²) in [5.74, 6) is 1.36. The lowest BCUT2D eigenvalue weighted by atomic mass is 9.89. The molecular formula is C11H18S. The fraction of sp³-hybridized carbons (Fsp3) is 0.636. The second kappa shape index (κ2) is 4.18. The average Bonchev–Trinajstić information content (AvgIpc) is 2.03. The fourth-order valence-corrected chi connectivity index (χ4v) is 1.90. The van der Waals surface area contributed by atoms with Crippen LogP contribution in [0.25, 0.3) is 0 Å². The molecule has 0 fully saturated rings. The summed E-state index contributed by atoms with van der Waals surface area (Å²) in [5.41, 5.74) is 1.46. The lowest BCUT2D eigenvalue weighted by Crippen LogP contribution is -2.04. The van der Waals surface area contributed by atoms with Gasteiger partial charge in [-0.1, -0.05) is 26.8 Å². The van der Waals surface area contributed by atoms with Crippen molar-refractivity contribution in [1.29, 1.82) is 0 Å². The minimum absolute atomic E-state index is 0.640. The van der Waals surface area contributed by atoms with E-state index in [9.17, 15) is 0 Å². The van der Waals surface area contributed by atoms with Gasteiger partial charge in [0.05, 0.1) is 0 Å². The van der Waals surface area contributed by atoms with Gasteiger partial charge in [0.15, 0.2) is 0 Å². The predicted molar refractivity (Wildman–Crippen MR) is 58.4 cm³/mol. The number of thiol groups is 1. The summed E-state index contributed by atoms with van der Waals surface area (Å²) in [7, 11) is 0. The van der Waals surface area contributed by atoms with Gasteiger partial charge in [0, 0.05) is 0 Å². The summed E-state index contributed by atoms with van der Waals surface area (Å²) >= 11 is 4.45. The van der Waals surface area contributed by atoms with Crippen LogP contribution in [0.1, 0.15) is 33.6 Å². The Bertz CT molecular complexity index is 211. The van der Waals surface area contributed by atoms with Gasteiger partial charge in [-0.15, -0.1) is 12.6 Å². The van der Waals surface area contributed by atoms with Crippen LogP contribution in [-0.4, -0.2) is 0 Å². The SMILES string of the molecule is CCC1C=C(C(C)C)C=C(S)C1. The van der Waals surface area contributed by atoms with Crippen LogP contribution in [0.3, 0.4) is 0 Å². The molecule has 0 saturated heterocycles. The van der Waals surface area contributed by atoms with Crippen molar-refractivity contribution in [2.75, 3.05) is 0 Å². The minimum atomic E-state index is 0.640. The summed E-state index contributed by atoms with van der Waals surface area (Å²) in [4.78, 5) is 1.24. The summed E-state index contributed by atoms with van der Waals surface area (Å²) in [6, 6.07) is 0. The Balaban J connectivity index is 2.77. The molecule has 1 atom stereocenters. The second-order valence-electron chi connectivity index (χ2n) is 3.83. The highest BCUT2D eigenvalue weighted by Crippen LogP contribution is 2.29. The Morgan fingerprint density at radius 2 is 2.25 bits per heavy atom. The molecule has 0 nitrogen and oxygen atoms in total. The topological polar surface area (TPSA) is 0 Å². The van der Waals surface area contributed by atoms with Crippen LogP contribution in [0.4, 0.5) is 0 Å². The average molecular weight is 182 g/mol. The molecule has 0 amide bonds. The zero-order valence-electron chi connectivity index (χ0n) is 8.17. The highest BCUT2D eigenvalue weighted by Gasteiger charge is 2.13. The van der Waals surface area contributed by atoms with Gasteiger partial charge < -0.3 is 0 Å². The van der Waals surface area contributed by atoms with Crippen molar-refractivity contribution in [1.82, 2.24) is 0 Å². The van der Waals surface area contributed by atoms with E-state index in [1.165, 1.54) is 16.9 Å². The van der Waals surface area contributed by atoms with Crippen molar-refractivity contribution in [3.05, 3.63) is 22.6 Å². The van der Waals surface area contributed by atoms with Gasteiger partial charge in [-0.25, -0.2) is 0 Å². The van der Waals surface area contributed by atoms with E-state index in [1.54, 1.807) is 0 Å². The number of hydrogen-bond acceptors (Lipinski definition) is 1. The van der Waals surface area contributed by atoms with Crippen LogP contribution >= 0.6 is 12.6 Å². The summed E-state index contributed by atoms with van der Waals surface area (Å²) in [5, 5.41) is 0. The molecule has 0 bridgehead atoms. The molecule has 0 radical (unpaired) electrons. The maximum Gasteiger partial charge on any atom is -0.0158 e. The third kappa shape index (κ3) is 2.41. The van der Waals surface area contributed by atoms with Crippen molar-refractivity contribution < 1.29 is 0 Å². The molecule has 0 saturated carbocycles. The number of rotatable bonds is 2. The molecular weight excluding hydrogens is 164 g/mol. The molecule has 12 heavy (non-hydrogen) atoms. The second-order valence-corrected chi connectivity index (χ2v) is 4.40. The first kappa shape index (κ1) is 9.91. The molecule has 1 unspecified atom stereocenters. The normalized spacial score (nSPS) is 23.9. The van der Waals surface area contributed by atoms with Crippen LogP contribution in [-0.2, 0) is 0 Å². The van der Waals surface area contributed by atoms with Crippen molar-refractivity contribution in [3.63, 3.8) is 0 Å². The minimum Gasteiger partial charge on any atom is -0.148 e. The number of hydrogen-bond donors (Lipinski definition) is 1. The Hall–Kier alpha value is -0.170. The molecule has 0 aliphatic heterocycles. The van der Waals surface area contributed by atoms with Crippen molar-refractivity contribution in [2.24, 2.45) is 11.8 Å². The molecule has 1 rings (SSSR count). The first-order valence-electron chi connectivity index (χ1n) is 4.74. The molecule has 0 spiro atoms. The van der Waals surface area contributed by atoms with Gasteiger partial charge in [-0.3, -0.25) is 0 Å². The fourth-order valence-electron chi connectivity index (χ4n) is 1.52. The quantitative estimate of drug-likeness (QED) is 0.617. The van der Waals surface area contributed by atoms with E-state index in [2.05, 4.69) is 45.6 Å². The van der Waals surface area contributed by atoms with E-state index in [1.807, 2.05) is 0 Å². The van der Waals surface area contributed by atoms with Crippen LogP contribution in [0.2, 0.25) is 0 Å². The third-order valence-corrected chi connectivity index (χ3v) is 2.74. The van der Waals surface area contributed by atoms with E-state index in [0.29, 0.717) is 5.92 Å². The van der Waals surface area contributed by atoms with Gasteiger partial charge in [-0.2, -0.15) is 0 Å². The molecule has 0 heterocycles. The summed E-state index contributed by atoms with van der Waals surface area (Å²) in [6.07, 6.45) is 6.99. The lowest BCUT2D eigenvalue weighted by molar-refractivity contribution is 0.608. The van der Waals surface area contributed by atoms with E-state index < -0.39 is 0 Å². The smallest absolute Gasteiger partial charge is 0.0158 e. The zero-order valence-corrected chi connectivity index (χ0v) is 9.07. The highest BCUT2D eigenvalue weighted by molar-refractivity contribution is 7.84. The lowest BCUT2D eigenvalue weighted by Gasteiger charge is -2.20. The van der Waals surface area contributed by atoms with Gasteiger partial charge in [0.2, 0.25) is 0 Å². The van der Waals surface area contributed by atoms with Crippen LogP contribution in [0, 0.1) is 11.8 Å². The van der Waals surface area contributed by atoms with Crippen LogP contribution < -0.4 is 0 Å². The molecule has 0 aromatic heterocycles. The molecule has 1 aliphatic rings. The van der Waals surface area contributed by atoms with Crippen LogP contribution in [0.15, 0.2) is 22.6 Å². The first-order valence-corrected chi connectivity index (χ1v) is 5.19. The number of allylic oxidation sites excluding steroid dienone is 4. The summed E-state index contributed by atoms with van der Waals surface area (Å²) in [6.45, 7) is 6.72. The van der Waals surface area contributed by atoms with Gasteiger partial charge in [0.1, 0.15) is 0 Å². The Morgan fingerprint density at radius 3 is 2.75 bits per heavy atom. The Kier molecular flexibility index (Phi) is 3.45. The van der Waals surface area contributed by atoms with E-state index in [4.69, 9.17) is 0 Å². The maximum absolute atomic E-state index is 4.45. The van der Waals surface area contributed by atoms with Crippen LogP contribution in [0.5, 0.6) is 0 Å². The van der Waals surface area contributed by atoms with Gasteiger partial charge in [0.25, 0.3) is 0 Å². The third-order valence-electron chi connectivity index (χ3n) is 2.42. The standard InChI is InChI=1S/C11H18S/c1-4-9-5-10(8(2)3)7-11(12)6-9/h5,7-9,12H,4,6H2,1-3H3. The maximum atomic E-state index is 4.45. The molecule has 0 aromatic carbocycles. The Morgan fingerprint density at radius 1 is 1.58 bits per heavy atom.